The van der Waals surface area contributed by atoms with Crippen LogP contribution in [0.25, 0.3) is 0 Å². The molecule has 3 rings (SSSR count). The third-order valence-electron chi connectivity index (χ3n) is 3.97. The molecule has 124 valence electrons. The normalized spacial score (nSPS) is 15.8. The largest absolute Gasteiger partial charge is 0.493 e. The average molecular weight is 324 g/mol. The Bertz CT molecular complexity index is 716. The molecule has 1 heterocycles. The van der Waals surface area contributed by atoms with Crippen molar-refractivity contribution in [2.75, 3.05) is 13.2 Å². The van der Waals surface area contributed by atoms with E-state index in [4.69, 9.17) is 4.74 Å². The molecule has 0 saturated carbocycles. The summed E-state index contributed by atoms with van der Waals surface area (Å²) in [6.45, 7) is 0.900. The van der Waals surface area contributed by atoms with Crippen LogP contribution in [-0.2, 0) is 4.79 Å². The molecule has 0 spiro atoms. The molecule has 1 aliphatic rings. The number of para-hydroxylation sites is 1. The third-order valence-corrected chi connectivity index (χ3v) is 3.97. The van der Waals surface area contributed by atoms with Crippen molar-refractivity contribution in [3.63, 3.8) is 0 Å². The smallest absolute Gasteiger partial charge is 0.251 e. The first-order valence-electron chi connectivity index (χ1n) is 8.08. The number of amides is 2. The molecular weight excluding hydrogens is 304 g/mol. The van der Waals surface area contributed by atoms with E-state index in [1.807, 2.05) is 42.5 Å². The molecule has 5 nitrogen and oxygen atoms in total. The van der Waals surface area contributed by atoms with Crippen molar-refractivity contribution in [3.05, 3.63) is 65.7 Å². The Labute approximate surface area is 141 Å². The third kappa shape index (κ3) is 3.93. The van der Waals surface area contributed by atoms with E-state index >= 15 is 0 Å². The van der Waals surface area contributed by atoms with Crippen LogP contribution in [0.5, 0.6) is 5.75 Å². The van der Waals surface area contributed by atoms with E-state index in [0.717, 1.165) is 17.7 Å². The average Bonchev–Trinajstić information content (AvgIpc) is 2.63. The summed E-state index contributed by atoms with van der Waals surface area (Å²) in [6, 6.07) is 16.7. The van der Waals surface area contributed by atoms with E-state index in [1.54, 1.807) is 12.1 Å². The molecule has 0 bridgehead atoms. The van der Waals surface area contributed by atoms with E-state index in [0.29, 0.717) is 18.7 Å². The predicted octanol–water partition coefficient (Wildman–Crippen LogP) is 2.45. The van der Waals surface area contributed by atoms with Gasteiger partial charge in [0.2, 0.25) is 5.91 Å². The fourth-order valence-electron chi connectivity index (χ4n) is 2.74. The molecule has 0 unspecified atom stereocenters. The highest BCUT2D eigenvalue weighted by Crippen LogP contribution is 2.31. The monoisotopic (exact) mass is 324 g/mol. The van der Waals surface area contributed by atoms with Crippen LogP contribution in [0, 0.1) is 0 Å². The summed E-state index contributed by atoms with van der Waals surface area (Å²) in [4.78, 5) is 24.1. The maximum absolute atomic E-state index is 12.1. The molecular formula is C19H20N2O3. The van der Waals surface area contributed by atoms with Gasteiger partial charge in [-0.2, -0.15) is 0 Å². The van der Waals surface area contributed by atoms with Crippen LogP contribution in [0.3, 0.4) is 0 Å². The lowest BCUT2D eigenvalue weighted by Crippen LogP contribution is -2.34. The van der Waals surface area contributed by atoms with Crippen molar-refractivity contribution in [3.8, 4) is 5.75 Å². The minimum absolute atomic E-state index is 0.0349. The predicted molar refractivity (Wildman–Crippen MR) is 90.8 cm³/mol. The minimum Gasteiger partial charge on any atom is -0.493 e. The van der Waals surface area contributed by atoms with Crippen LogP contribution in [-0.4, -0.2) is 25.0 Å². The number of ether oxygens (including phenoxy) is 1. The van der Waals surface area contributed by atoms with Crippen molar-refractivity contribution < 1.29 is 14.3 Å². The molecule has 2 amide bonds. The number of rotatable bonds is 5. The quantitative estimate of drug-likeness (QED) is 0.888. The topological polar surface area (TPSA) is 67.4 Å². The first-order valence-corrected chi connectivity index (χ1v) is 8.08. The molecule has 2 aromatic rings. The zero-order chi connectivity index (χ0) is 16.8. The van der Waals surface area contributed by atoms with Crippen molar-refractivity contribution in [2.45, 2.75) is 18.9 Å². The Morgan fingerprint density at radius 3 is 2.62 bits per heavy atom. The number of carbonyl (C=O) groups excluding carboxylic acids is 2. The Morgan fingerprint density at radius 1 is 1.04 bits per heavy atom. The van der Waals surface area contributed by atoms with E-state index in [1.165, 1.54) is 0 Å². The van der Waals surface area contributed by atoms with Gasteiger partial charge < -0.3 is 15.4 Å². The molecule has 0 fully saturated rings. The van der Waals surface area contributed by atoms with Crippen molar-refractivity contribution in [1.29, 1.82) is 0 Å². The highest BCUT2D eigenvalue weighted by molar-refractivity contribution is 5.94. The number of carbonyl (C=O) groups is 2. The molecule has 0 radical (unpaired) electrons. The van der Waals surface area contributed by atoms with Gasteiger partial charge in [0.1, 0.15) is 5.75 Å². The summed E-state index contributed by atoms with van der Waals surface area (Å²) in [5, 5.41) is 5.78. The summed E-state index contributed by atoms with van der Waals surface area (Å²) in [6.07, 6.45) is 0.997. The van der Waals surface area contributed by atoms with Crippen LogP contribution in [0.1, 0.15) is 34.8 Å². The molecule has 0 saturated heterocycles. The maximum Gasteiger partial charge on any atom is 0.251 e. The van der Waals surface area contributed by atoms with Crippen LogP contribution in [0.4, 0.5) is 0 Å². The van der Waals surface area contributed by atoms with Crippen molar-refractivity contribution >= 4 is 11.8 Å². The van der Waals surface area contributed by atoms with Gasteiger partial charge in [-0.3, -0.25) is 9.59 Å². The van der Waals surface area contributed by atoms with Crippen LogP contribution >= 0.6 is 0 Å². The van der Waals surface area contributed by atoms with E-state index in [2.05, 4.69) is 10.6 Å². The van der Waals surface area contributed by atoms with Gasteiger partial charge in [-0.15, -0.1) is 0 Å². The summed E-state index contributed by atoms with van der Waals surface area (Å²) in [7, 11) is 0. The summed E-state index contributed by atoms with van der Waals surface area (Å²) in [5.74, 6) is 0.580. The summed E-state index contributed by atoms with van der Waals surface area (Å²) < 4.78 is 5.59. The molecule has 0 aromatic heterocycles. The van der Waals surface area contributed by atoms with Gasteiger partial charge in [0.25, 0.3) is 5.91 Å². The second-order valence-corrected chi connectivity index (χ2v) is 5.67. The van der Waals surface area contributed by atoms with Crippen LogP contribution < -0.4 is 15.4 Å². The molecule has 24 heavy (non-hydrogen) atoms. The van der Waals surface area contributed by atoms with E-state index in [-0.39, 0.29) is 24.3 Å². The molecule has 0 aliphatic carbocycles. The molecule has 5 heteroatoms. The SMILES string of the molecule is O=C(CCNC(=O)c1ccccc1)N[C@@H]1CCOc2ccccc21. The maximum atomic E-state index is 12.1. The van der Waals surface area contributed by atoms with Gasteiger partial charge in [0.15, 0.2) is 0 Å². The Hall–Kier alpha value is -2.82. The number of benzene rings is 2. The van der Waals surface area contributed by atoms with Crippen molar-refractivity contribution in [1.82, 2.24) is 10.6 Å². The standard InChI is InChI=1S/C19H20N2O3/c22-18(10-12-20-19(23)14-6-2-1-3-7-14)21-16-11-13-24-17-9-5-4-8-15(16)17/h1-9,16H,10-13H2,(H,20,23)(H,21,22)/t16-/m1/s1. The highest BCUT2D eigenvalue weighted by Gasteiger charge is 2.22. The Kier molecular flexibility index (Phi) is 5.11. The molecule has 1 atom stereocenters. The number of hydrogen-bond donors (Lipinski definition) is 2. The van der Waals surface area contributed by atoms with Gasteiger partial charge in [-0.25, -0.2) is 0 Å². The first-order chi connectivity index (χ1) is 11.7. The second kappa shape index (κ2) is 7.64. The Balaban J connectivity index is 1.48. The molecule has 2 N–H and O–H groups in total. The lowest BCUT2D eigenvalue weighted by molar-refractivity contribution is -0.121. The first kappa shape index (κ1) is 16.1. The van der Waals surface area contributed by atoms with Crippen LogP contribution in [0.2, 0.25) is 0 Å². The summed E-state index contributed by atoms with van der Waals surface area (Å²) >= 11 is 0. The zero-order valence-electron chi connectivity index (χ0n) is 13.3. The van der Waals surface area contributed by atoms with Gasteiger partial charge in [-0.05, 0) is 18.2 Å². The zero-order valence-corrected chi connectivity index (χ0v) is 13.3. The van der Waals surface area contributed by atoms with Gasteiger partial charge >= 0.3 is 0 Å². The van der Waals surface area contributed by atoms with Gasteiger partial charge in [-0.1, -0.05) is 36.4 Å². The van der Waals surface area contributed by atoms with E-state index in [9.17, 15) is 9.59 Å². The fourth-order valence-corrected chi connectivity index (χ4v) is 2.74. The molecule has 2 aromatic carbocycles. The van der Waals surface area contributed by atoms with Gasteiger partial charge in [0, 0.05) is 30.5 Å². The number of hydrogen-bond acceptors (Lipinski definition) is 3. The fraction of sp³-hybridized carbons (Fsp3) is 0.263. The van der Waals surface area contributed by atoms with E-state index < -0.39 is 0 Å². The highest BCUT2D eigenvalue weighted by atomic mass is 16.5. The minimum atomic E-state index is -0.167. The second-order valence-electron chi connectivity index (χ2n) is 5.67. The summed E-state index contributed by atoms with van der Waals surface area (Å²) in [5.41, 5.74) is 1.60. The van der Waals surface area contributed by atoms with Gasteiger partial charge in [0.05, 0.1) is 12.6 Å². The number of fused-ring (bicyclic) bond motifs is 1. The number of nitrogens with one attached hydrogen (secondary N) is 2. The van der Waals surface area contributed by atoms with Crippen LogP contribution in [0.15, 0.2) is 54.6 Å². The lowest BCUT2D eigenvalue weighted by atomic mass is 10.0. The Morgan fingerprint density at radius 2 is 1.79 bits per heavy atom. The van der Waals surface area contributed by atoms with Crippen molar-refractivity contribution in [2.24, 2.45) is 0 Å². The lowest BCUT2D eigenvalue weighted by Gasteiger charge is -2.26. The molecule has 1 aliphatic heterocycles.